The van der Waals surface area contributed by atoms with Crippen molar-refractivity contribution in [3.05, 3.63) is 36.2 Å². The van der Waals surface area contributed by atoms with Gasteiger partial charge in [0.25, 0.3) is 0 Å². The second-order valence-corrected chi connectivity index (χ2v) is 5.69. The van der Waals surface area contributed by atoms with Crippen LogP contribution in [0.15, 0.2) is 36.2 Å². The highest BCUT2D eigenvalue weighted by molar-refractivity contribution is 5.98. The third kappa shape index (κ3) is 3.09. The highest BCUT2D eigenvalue weighted by Gasteiger charge is 2.54. The van der Waals surface area contributed by atoms with Crippen molar-refractivity contribution in [3.8, 4) is 5.75 Å². The smallest absolute Gasteiger partial charge is 0.356 e. The number of carbonyl (C=O) groups excluding carboxylic acids is 2. The number of carbonyl (C=O) groups is 2. The van der Waals surface area contributed by atoms with E-state index >= 15 is 0 Å². The first kappa shape index (κ1) is 14.5. The fourth-order valence-electron chi connectivity index (χ4n) is 2.62. The number of nitrogens with one attached hydrogen (secondary N) is 1. The Bertz CT molecular complexity index is 616. The lowest BCUT2D eigenvalue weighted by Crippen LogP contribution is -2.20. The molecule has 116 valence electrons. The van der Waals surface area contributed by atoms with Crippen molar-refractivity contribution in [2.45, 2.75) is 19.8 Å². The molecule has 0 spiro atoms. The van der Waals surface area contributed by atoms with E-state index in [1.165, 1.54) is 6.08 Å². The molecule has 0 saturated heterocycles. The maximum atomic E-state index is 11.8. The van der Waals surface area contributed by atoms with Crippen LogP contribution in [-0.2, 0) is 19.3 Å². The minimum Gasteiger partial charge on any atom is -0.492 e. The monoisotopic (exact) mass is 304 g/mol. The largest absolute Gasteiger partial charge is 0.492 e. The van der Waals surface area contributed by atoms with Gasteiger partial charge in [0, 0.05) is 23.5 Å². The Morgan fingerprint density at radius 1 is 1.45 bits per heavy atom. The fourth-order valence-corrected chi connectivity index (χ4v) is 2.62. The molecular formula is C15H16N2O5. The van der Waals surface area contributed by atoms with Crippen LogP contribution in [0.1, 0.15) is 19.8 Å². The molecule has 7 nitrogen and oxygen atoms in total. The summed E-state index contributed by atoms with van der Waals surface area (Å²) in [5.74, 6) is -0.524. The molecule has 0 amide bonds. The van der Waals surface area contributed by atoms with Gasteiger partial charge in [-0.2, -0.15) is 0 Å². The highest BCUT2D eigenvalue weighted by atomic mass is 16.9. The molecule has 2 aliphatic rings. The zero-order chi connectivity index (χ0) is 15.6. The van der Waals surface area contributed by atoms with Crippen LogP contribution in [0.4, 0.5) is 0 Å². The van der Waals surface area contributed by atoms with Gasteiger partial charge in [0.15, 0.2) is 0 Å². The lowest BCUT2D eigenvalue weighted by molar-refractivity contribution is -0.189. The van der Waals surface area contributed by atoms with Crippen molar-refractivity contribution in [1.29, 1.82) is 0 Å². The molecule has 2 atom stereocenters. The molecule has 0 bridgehead atoms. The van der Waals surface area contributed by atoms with Gasteiger partial charge in [-0.25, -0.2) is 9.59 Å². The van der Waals surface area contributed by atoms with Crippen LogP contribution in [0, 0.1) is 11.3 Å². The zero-order valence-electron chi connectivity index (χ0n) is 12.1. The van der Waals surface area contributed by atoms with Crippen molar-refractivity contribution in [2.24, 2.45) is 11.3 Å². The molecule has 3 rings (SSSR count). The molecule has 7 heteroatoms. The molecule has 1 aromatic heterocycles. The van der Waals surface area contributed by atoms with Crippen molar-refractivity contribution in [2.75, 3.05) is 6.61 Å². The fraction of sp³-hybridized carbons (Fsp3) is 0.400. The van der Waals surface area contributed by atoms with E-state index in [-0.39, 0.29) is 11.3 Å². The van der Waals surface area contributed by atoms with E-state index in [2.05, 4.69) is 21.6 Å². The van der Waals surface area contributed by atoms with Crippen LogP contribution in [0.5, 0.6) is 5.75 Å². The van der Waals surface area contributed by atoms with E-state index in [9.17, 15) is 9.59 Å². The number of rotatable bonds is 5. The Morgan fingerprint density at radius 2 is 2.32 bits per heavy atom. The van der Waals surface area contributed by atoms with Crippen molar-refractivity contribution in [1.82, 2.24) is 10.6 Å². The van der Waals surface area contributed by atoms with Crippen LogP contribution >= 0.6 is 0 Å². The van der Waals surface area contributed by atoms with Crippen LogP contribution in [-0.4, -0.2) is 23.5 Å². The van der Waals surface area contributed by atoms with Crippen LogP contribution in [0.3, 0.4) is 0 Å². The van der Waals surface area contributed by atoms with Gasteiger partial charge in [-0.1, -0.05) is 6.92 Å². The van der Waals surface area contributed by atoms with Gasteiger partial charge in [-0.05, 0) is 36.3 Å². The Balaban J connectivity index is 1.57. The molecule has 1 aromatic rings. The van der Waals surface area contributed by atoms with Crippen molar-refractivity contribution >= 4 is 11.9 Å². The van der Waals surface area contributed by atoms with Gasteiger partial charge < -0.3 is 14.4 Å². The van der Waals surface area contributed by atoms with Crippen LogP contribution < -0.4 is 10.4 Å². The summed E-state index contributed by atoms with van der Waals surface area (Å²) in [4.78, 5) is 36.2. The lowest BCUT2D eigenvalue weighted by atomic mass is 9.97. The van der Waals surface area contributed by atoms with Gasteiger partial charge in [-0.3, -0.25) is 4.98 Å². The maximum Gasteiger partial charge on any atom is 0.356 e. The third-order valence-corrected chi connectivity index (χ3v) is 4.09. The summed E-state index contributed by atoms with van der Waals surface area (Å²) >= 11 is 0. The standard InChI is InChI=1S/C15H16N2O5/c1-15(4-6-20-10-3-2-5-16-9-10)8-12(15)11-7-13(18)21-17-22-14(11)19/h2-3,5,7,9,12,17H,4,6,8H2,1H3. The number of hydrogen-bond acceptors (Lipinski definition) is 7. The Labute approximate surface area is 127 Å². The molecule has 1 saturated carbocycles. The van der Waals surface area contributed by atoms with Gasteiger partial charge in [-0.15, -0.1) is 0 Å². The zero-order valence-corrected chi connectivity index (χ0v) is 12.1. The predicted molar refractivity (Wildman–Crippen MR) is 74.0 cm³/mol. The number of hydrogen-bond donors (Lipinski definition) is 1. The minimum absolute atomic E-state index is 0.0232. The first-order chi connectivity index (χ1) is 10.6. The topological polar surface area (TPSA) is 86.8 Å². The average Bonchev–Trinajstić information content (AvgIpc) is 3.19. The molecule has 1 aliphatic carbocycles. The maximum absolute atomic E-state index is 11.8. The van der Waals surface area contributed by atoms with Crippen LogP contribution in [0.2, 0.25) is 0 Å². The summed E-state index contributed by atoms with van der Waals surface area (Å²) in [7, 11) is 0. The molecular weight excluding hydrogens is 288 g/mol. The Hall–Kier alpha value is -2.41. The van der Waals surface area contributed by atoms with Crippen molar-refractivity contribution < 1.29 is 24.0 Å². The summed E-state index contributed by atoms with van der Waals surface area (Å²) in [6, 6.07) is 3.65. The van der Waals surface area contributed by atoms with E-state index in [1.54, 1.807) is 12.4 Å². The average molecular weight is 304 g/mol. The van der Waals surface area contributed by atoms with E-state index in [4.69, 9.17) is 4.74 Å². The second-order valence-electron chi connectivity index (χ2n) is 5.69. The van der Waals surface area contributed by atoms with Crippen LogP contribution in [0.25, 0.3) is 0 Å². The number of ether oxygens (including phenoxy) is 1. The normalized spacial score (nSPS) is 27.3. The molecule has 0 radical (unpaired) electrons. The van der Waals surface area contributed by atoms with Gasteiger partial charge >= 0.3 is 11.9 Å². The predicted octanol–water partition coefficient (Wildman–Crippen LogP) is 1.32. The molecule has 22 heavy (non-hydrogen) atoms. The highest BCUT2D eigenvalue weighted by Crippen LogP contribution is 2.58. The summed E-state index contributed by atoms with van der Waals surface area (Å²) in [6.45, 7) is 2.58. The summed E-state index contributed by atoms with van der Waals surface area (Å²) in [5, 5.41) is 0. The molecule has 2 unspecified atom stereocenters. The lowest BCUT2D eigenvalue weighted by Gasteiger charge is -2.12. The first-order valence-electron chi connectivity index (χ1n) is 7.00. The molecule has 1 fully saturated rings. The number of nitrogens with zero attached hydrogens (tertiary/aromatic N) is 1. The van der Waals surface area contributed by atoms with Gasteiger partial charge in [0.05, 0.1) is 12.8 Å². The number of pyridine rings is 1. The molecule has 2 heterocycles. The van der Waals surface area contributed by atoms with E-state index < -0.39 is 11.9 Å². The molecule has 0 aromatic carbocycles. The summed E-state index contributed by atoms with van der Waals surface area (Å²) in [6.07, 6.45) is 6.10. The molecule has 1 aliphatic heterocycles. The Kier molecular flexibility index (Phi) is 3.81. The number of aromatic nitrogens is 1. The second kappa shape index (κ2) is 5.76. The van der Waals surface area contributed by atoms with E-state index in [0.29, 0.717) is 17.9 Å². The van der Waals surface area contributed by atoms with E-state index in [1.807, 2.05) is 17.8 Å². The van der Waals surface area contributed by atoms with Gasteiger partial charge in [0.2, 0.25) is 0 Å². The first-order valence-corrected chi connectivity index (χ1v) is 7.00. The third-order valence-electron chi connectivity index (χ3n) is 4.09. The molecule has 1 N–H and O–H groups in total. The SMILES string of the molecule is CC1(CCOc2cccnc2)CC1C1=CC(=O)ONOC1=O. The van der Waals surface area contributed by atoms with Gasteiger partial charge in [0.1, 0.15) is 5.75 Å². The Morgan fingerprint density at radius 3 is 3.09 bits per heavy atom. The van der Waals surface area contributed by atoms with Crippen molar-refractivity contribution in [3.63, 3.8) is 0 Å². The summed E-state index contributed by atoms with van der Waals surface area (Å²) < 4.78 is 5.63. The van der Waals surface area contributed by atoms with E-state index in [0.717, 1.165) is 12.8 Å². The quantitative estimate of drug-likeness (QED) is 0.878. The summed E-state index contributed by atoms with van der Waals surface area (Å²) in [5.41, 5.74) is 2.13. The minimum atomic E-state index is -0.637.